The van der Waals surface area contributed by atoms with Gasteiger partial charge in [0.2, 0.25) is 0 Å². The number of carbonyl (C=O) groups excluding carboxylic acids is 1. The zero-order valence-electron chi connectivity index (χ0n) is 10.8. The summed E-state index contributed by atoms with van der Waals surface area (Å²) >= 11 is 0. The van der Waals surface area contributed by atoms with E-state index in [0.717, 1.165) is 12.7 Å². The van der Waals surface area contributed by atoms with Crippen LogP contribution in [0.1, 0.15) is 23.0 Å². The fourth-order valence-corrected chi connectivity index (χ4v) is 1.39. The number of aromatic nitrogens is 1. The summed E-state index contributed by atoms with van der Waals surface area (Å²) in [5, 5.41) is 16.3. The lowest BCUT2D eigenvalue weighted by atomic mass is 10.2. The van der Waals surface area contributed by atoms with Crippen molar-refractivity contribution in [1.82, 2.24) is 15.6 Å². The molecule has 0 saturated heterocycles. The Balaban J connectivity index is 0.00000324. The number of aryl methyl sites for hydroxylation is 1. The van der Waals surface area contributed by atoms with Gasteiger partial charge in [-0.25, -0.2) is 0 Å². The number of nitrogens with one attached hydrogen (secondary N) is 2. The zero-order valence-corrected chi connectivity index (χ0v) is 11.6. The minimum atomic E-state index is -0.568. The Labute approximate surface area is 117 Å². The Bertz CT molecular complexity index is 454. The van der Waals surface area contributed by atoms with Crippen LogP contribution in [0.3, 0.4) is 0 Å². The van der Waals surface area contributed by atoms with Crippen LogP contribution in [0.25, 0.3) is 0 Å². The van der Waals surface area contributed by atoms with Crippen molar-refractivity contribution in [2.45, 2.75) is 13.8 Å². The van der Waals surface area contributed by atoms with E-state index in [9.17, 15) is 14.9 Å². The SMILES string of the molecule is CCNCCNC(=O)c1cc([N+](=O)[O-])cnc1C.Cl. The molecule has 0 atom stereocenters. The zero-order chi connectivity index (χ0) is 13.5. The second kappa shape index (κ2) is 8.39. The van der Waals surface area contributed by atoms with E-state index in [0.29, 0.717) is 18.8 Å². The number of rotatable bonds is 6. The first kappa shape index (κ1) is 17.3. The van der Waals surface area contributed by atoms with E-state index in [1.54, 1.807) is 6.92 Å². The Morgan fingerprint density at radius 1 is 1.47 bits per heavy atom. The maximum absolute atomic E-state index is 11.8. The van der Waals surface area contributed by atoms with E-state index in [4.69, 9.17) is 0 Å². The van der Waals surface area contributed by atoms with E-state index in [1.807, 2.05) is 6.92 Å². The van der Waals surface area contributed by atoms with E-state index in [-0.39, 0.29) is 29.6 Å². The first-order valence-corrected chi connectivity index (χ1v) is 5.66. The second-order valence-electron chi connectivity index (χ2n) is 3.69. The average molecular weight is 289 g/mol. The highest BCUT2D eigenvalue weighted by Gasteiger charge is 2.15. The van der Waals surface area contributed by atoms with Crippen molar-refractivity contribution in [3.05, 3.63) is 33.6 Å². The minimum Gasteiger partial charge on any atom is -0.351 e. The standard InChI is InChI=1S/C11H16N4O3.ClH/c1-3-12-4-5-13-11(16)10-6-9(15(17)18)7-14-8(10)2;/h6-7,12H,3-5H2,1-2H3,(H,13,16);1H. The van der Waals surface area contributed by atoms with Crippen LogP contribution in [-0.4, -0.2) is 35.4 Å². The van der Waals surface area contributed by atoms with E-state index in [2.05, 4.69) is 15.6 Å². The van der Waals surface area contributed by atoms with Crippen LogP contribution in [0.5, 0.6) is 0 Å². The van der Waals surface area contributed by atoms with Gasteiger partial charge in [-0.15, -0.1) is 12.4 Å². The van der Waals surface area contributed by atoms with Gasteiger partial charge in [-0.2, -0.15) is 0 Å². The van der Waals surface area contributed by atoms with E-state index < -0.39 is 4.92 Å². The predicted molar refractivity (Wildman–Crippen MR) is 73.8 cm³/mol. The summed E-state index contributed by atoms with van der Waals surface area (Å²) in [5.74, 6) is -0.346. The number of pyridine rings is 1. The van der Waals surface area contributed by atoms with Crippen molar-refractivity contribution in [2.75, 3.05) is 19.6 Å². The van der Waals surface area contributed by atoms with Crippen LogP contribution in [0.2, 0.25) is 0 Å². The molecule has 0 radical (unpaired) electrons. The van der Waals surface area contributed by atoms with Gasteiger partial charge in [-0.05, 0) is 13.5 Å². The molecule has 0 spiro atoms. The number of amides is 1. The molecule has 0 aliphatic heterocycles. The molecule has 0 unspecified atom stereocenters. The molecule has 0 aromatic carbocycles. The average Bonchev–Trinajstić information content (AvgIpc) is 2.34. The van der Waals surface area contributed by atoms with Crippen molar-refractivity contribution in [3.63, 3.8) is 0 Å². The van der Waals surface area contributed by atoms with Crippen LogP contribution in [0, 0.1) is 17.0 Å². The summed E-state index contributed by atoms with van der Waals surface area (Å²) in [6.45, 7) is 5.56. The maximum Gasteiger partial charge on any atom is 0.288 e. The van der Waals surface area contributed by atoms with Crippen LogP contribution >= 0.6 is 12.4 Å². The number of nitrogens with zero attached hydrogens (tertiary/aromatic N) is 2. The normalized spacial score (nSPS) is 9.58. The van der Waals surface area contributed by atoms with Crippen LogP contribution in [0.15, 0.2) is 12.3 Å². The highest BCUT2D eigenvalue weighted by molar-refractivity contribution is 5.95. The second-order valence-corrected chi connectivity index (χ2v) is 3.69. The summed E-state index contributed by atoms with van der Waals surface area (Å²) < 4.78 is 0. The van der Waals surface area contributed by atoms with Gasteiger partial charge >= 0.3 is 0 Å². The molecule has 7 nitrogen and oxygen atoms in total. The first-order chi connectivity index (χ1) is 8.56. The highest BCUT2D eigenvalue weighted by atomic mass is 35.5. The van der Waals surface area contributed by atoms with Gasteiger partial charge in [-0.3, -0.25) is 19.9 Å². The summed E-state index contributed by atoms with van der Waals surface area (Å²) in [7, 11) is 0. The van der Waals surface area contributed by atoms with E-state index >= 15 is 0 Å². The third-order valence-electron chi connectivity index (χ3n) is 2.37. The van der Waals surface area contributed by atoms with Crippen molar-refractivity contribution >= 4 is 24.0 Å². The Morgan fingerprint density at radius 2 is 2.16 bits per heavy atom. The van der Waals surface area contributed by atoms with E-state index in [1.165, 1.54) is 6.07 Å². The van der Waals surface area contributed by atoms with Crippen LogP contribution in [-0.2, 0) is 0 Å². The predicted octanol–water partition coefficient (Wildman–Crippen LogP) is 1.06. The Hall–Kier alpha value is -1.73. The first-order valence-electron chi connectivity index (χ1n) is 5.66. The molecule has 8 heteroatoms. The molecule has 1 aromatic heterocycles. The van der Waals surface area contributed by atoms with Gasteiger partial charge in [0.15, 0.2) is 0 Å². The lowest BCUT2D eigenvalue weighted by molar-refractivity contribution is -0.385. The van der Waals surface area contributed by atoms with Crippen molar-refractivity contribution in [2.24, 2.45) is 0 Å². The van der Waals surface area contributed by atoms with Gasteiger partial charge < -0.3 is 10.6 Å². The number of likely N-dealkylation sites (N-methyl/N-ethyl adjacent to an activating group) is 1. The molecule has 0 aliphatic rings. The molecule has 2 N–H and O–H groups in total. The molecule has 19 heavy (non-hydrogen) atoms. The number of hydrogen-bond acceptors (Lipinski definition) is 5. The molecular formula is C11H17ClN4O3. The van der Waals surface area contributed by atoms with Crippen LogP contribution in [0.4, 0.5) is 5.69 Å². The lowest BCUT2D eigenvalue weighted by Crippen LogP contribution is -2.32. The molecule has 0 aliphatic carbocycles. The molecule has 1 amide bonds. The number of hydrogen-bond donors (Lipinski definition) is 2. The summed E-state index contributed by atoms with van der Waals surface area (Å²) in [6.07, 6.45) is 1.14. The topological polar surface area (TPSA) is 97.2 Å². The number of halogens is 1. The summed E-state index contributed by atoms with van der Waals surface area (Å²) in [6, 6.07) is 1.24. The molecule has 1 aromatic rings. The molecule has 0 fully saturated rings. The minimum absolute atomic E-state index is 0. The van der Waals surface area contributed by atoms with Crippen molar-refractivity contribution in [3.8, 4) is 0 Å². The fraction of sp³-hybridized carbons (Fsp3) is 0.455. The van der Waals surface area contributed by atoms with Gasteiger partial charge in [0.1, 0.15) is 6.20 Å². The maximum atomic E-state index is 11.8. The molecular weight excluding hydrogens is 272 g/mol. The number of nitro groups is 1. The Kier molecular flexibility index (Phi) is 7.62. The highest BCUT2D eigenvalue weighted by Crippen LogP contribution is 2.14. The summed E-state index contributed by atoms with van der Waals surface area (Å²) in [4.78, 5) is 25.7. The monoisotopic (exact) mass is 288 g/mol. The van der Waals surface area contributed by atoms with Crippen molar-refractivity contribution in [1.29, 1.82) is 0 Å². The smallest absolute Gasteiger partial charge is 0.288 e. The van der Waals surface area contributed by atoms with Gasteiger partial charge in [0.25, 0.3) is 11.6 Å². The quantitative estimate of drug-likeness (QED) is 0.463. The van der Waals surface area contributed by atoms with Gasteiger partial charge in [0, 0.05) is 19.2 Å². The Morgan fingerprint density at radius 3 is 2.74 bits per heavy atom. The van der Waals surface area contributed by atoms with Crippen molar-refractivity contribution < 1.29 is 9.72 Å². The fourth-order valence-electron chi connectivity index (χ4n) is 1.39. The van der Waals surface area contributed by atoms with Crippen LogP contribution < -0.4 is 10.6 Å². The molecule has 1 heterocycles. The van der Waals surface area contributed by atoms with Gasteiger partial charge in [0.05, 0.1) is 16.2 Å². The third kappa shape index (κ3) is 5.19. The largest absolute Gasteiger partial charge is 0.351 e. The lowest BCUT2D eigenvalue weighted by Gasteiger charge is -2.07. The molecule has 0 saturated carbocycles. The molecule has 1 rings (SSSR count). The molecule has 0 bridgehead atoms. The molecule has 106 valence electrons. The third-order valence-corrected chi connectivity index (χ3v) is 2.37. The summed E-state index contributed by atoms with van der Waals surface area (Å²) in [5.41, 5.74) is 0.527. The van der Waals surface area contributed by atoms with Gasteiger partial charge in [-0.1, -0.05) is 6.92 Å². The number of carbonyl (C=O) groups is 1.